The number of anilines is 2. The van der Waals surface area contributed by atoms with E-state index in [1.54, 1.807) is 66.5 Å². The average molecular weight is 621 g/mol. The van der Waals surface area contributed by atoms with Gasteiger partial charge in [0.15, 0.2) is 0 Å². The Labute approximate surface area is 238 Å². The van der Waals surface area contributed by atoms with E-state index >= 15 is 0 Å². The summed E-state index contributed by atoms with van der Waals surface area (Å²) in [5.74, 6) is -0.383. The van der Waals surface area contributed by atoms with Crippen LogP contribution in [0.5, 0.6) is 11.5 Å². The van der Waals surface area contributed by atoms with Crippen molar-refractivity contribution in [2.75, 3.05) is 31.1 Å². The fourth-order valence-corrected chi connectivity index (χ4v) is 4.76. The fraction of sp³-hybridized carbons (Fsp3) is 0.222. The fourth-order valence-electron chi connectivity index (χ4n) is 3.99. The number of ether oxygens (including phenoxy) is 2. The van der Waals surface area contributed by atoms with Gasteiger partial charge >= 0.3 is 11.8 Å². The third-order valence-corrected chi connectivity index (χ3v) is 7.37. The monoisotopic (exact) mass is 619 g/mol. The first-order valence-corrected chi connectivity index (χ1v) is 13.1. The number of aryl methyl sites for hydroxylation is 1. The van der Waals surface area contributed by atoms with Crippen molar-refractivity contribution in [2.24, 2.45) is 0 Å². The predicted octanol–water partition coefficient (Wildman–Crippen LogP) is 6.03. The normalized spacial score (nSPS) is 12.7. The number of hydrogen-bond donors (Lipinski definition) is 1. The van der Waals surface area contributed by atoms with Crippen LogP contribution in [0.25, 0.3) is 0 Å². The average Bonchev–Trinajstić information content (AvgIpc) is 2.89. The van der Waals surface area contributed by atoms with Gasteiger partial charge in [0.25, 0.3) is 0 Å². The van der Waals surface area contributed by atoms with Crippen LogP contribution in [0.1, 0.15) is 17.5 Å². The van der Waals surface area contributed by atoms with Crippen molar-refractivity contribution >= 4 is 68.2 Å². The summed E-state index contributed by atoms with van der Waals surface area (Å²) >= 11 is 15.5. The van der Waals surface area contributed by atoms with E-state index in [0.29, 0.717) is 44.5 Å². The van der Waals surface area contributed by atoms with Crippen LogP contribution in [0.15, 0.2) is 59.1 Å². The van der Waals surface area contributed by atoms with E-state index in [9.17, 15) is 14.4 Å². The molecule has 0 radical (unpaired) electrons. The summed E-state index contributed by atoms with van der Waals surface area (Å²) in [7, 11) is 3.08. The summed E-state index contributed by atoms with van der Waals surface area (Å²) in [6.07, 6.45) is 0.895. The van der Waals surface area contributed by atoms with Crippen LogP contribution in [-0.2, 0) is 32.1 Å². The highest BCUT2D eigenvalue weighted by atomic mass is 79.9. The second-order valence-electron chi connectivity index (χ2n) is 8.63. The Morgan fingerprint density at radius 1 is 1.03 bits per heavy atom. The maximum atomic E-state index is 12.8. The molecule has 0 unspecified atom stereocenters. The molecule has 0 saturated heterocycles. The molecule has 198 valence electrons. The number of fused-ring (bicyclic) bond motifs is 1. The SMILES string of the molecule is COCN1C(=O)CCc2cc(NC(=O)C(=O)N(C)Cc3ccc(Oc4ccc(Cl)c(Cl)c4)cc3Br)ccc21. The topological polar surface area (TPSA) is 88.2 Å². The molecule has 0 atom stereocenters. The third-order valence-electron chi connectivity index (χ3n) is 5.90. The number of amides is 3. The maximum absolute atomic E-state index is 12.8. The van der Waals surface area contributed by atoms with Crippen molar-refractivity contribution in [3.63, 3.8) is 0 Å². The summed E-state index contributed by atoms with van der Waals surface area (Å²) in [5.41, 5.74) is 2.90. The van der Waals surface area contributed by atoms with E-state index in [0.717, 1.165) is 16.8 Å². The van der Waals surface area contributed by atoms with Crippen LogP contribution in [0.4, 0.5) is 11.4 Å². The molecular formula is C27H24BrCl2N3O5. The predicted molar refractivity (Wildman–Crippen MR) is 150 cm³/mol. The first kappa shape index (κ1) is 27.9. The van der Waals surface area contributed by atoms with Gasteiger partial charge in [-0.1, -0.05) is 45.2 Å². The van der Waals surface area contributed by atoms with E-state index < -0.39 is 11.8 Å². The van der Waals surface area contributed by atoms with Crippen LogP contribution >= 0.6 is 39.1 Å². The molecule has 4 rings (SSSR count). The van der Waals surface area contributed by atoms with E-state index in [1.165, 1.54) is 12.0 Å². The number of likely N-dealkylation sites (N-methyl/N-ethyl adjacent to an activating group) is 1. The van der Waals surface area contributed by atoms with Gasteiger partial charge in [-0.15, -0.1) is 0 Å². The zero-order valence-corrected chi connectivity index (χ0v) is 23.7. The lowest BCUT2D eigenvalue weighted by molar-refractivity contribution is -0.142. The molecule has 0 fully saturated rings. The van der Waals surface area contributed by atoms with Crippen molar-refractivity contribution in [1.82, 2.24) is 4.90 Å². The van der Waals surface area contributed by atoms with Crippen molar-refractivity contribution in [3.05, 3.63) is 80.2 Å². The van der Waals surface area contributed by atoms with Crippen molar-refractivity contribution in [2.45, 2.75) is 19.4 Å². The van der Waals surface area contributed by atoms with Crippen LogP contribution in [0, 0.1) is 0 Å². The van der Waals surface area contributed by atoms with E-state index in [-0.39, 0.29) is 19.2 Å². The Morgan fingerprint density at radius 2 is 1.76 bits per heavy atom. The molecule has 1 heterocycles. The molecule has 11 heteroatoms. The van der Waals surface area contributed by atoms with Gasteiger partial charge in [-0.25, -0.2) is 0 Å². The van der Waals surface area contributed by atoms with Gasteiger partial charge in [0, 0.05) is 49.0 Å². The Kier molecular flexibility index (Phi) is 8.94. The molecule has 3 amide bonds. The molecule has 1 aliphatic rings. The molecule has 1 N–H and O–H groups in total. The lowest BCUT2D eigenvalue weighted by Crippen LogP contribution is -2.37. The molecule has 38 heavy (non-hydrogen) atoms. The van der Waals surface area contributed by atoms with Crippen LogP contribution in [0.2, 0.25) is 10.0 Å². The van der Waals surface area contributed by atoms with Gasteiger partial charge in [0.05, 0.1) is 10.0 Å². The zero-order chi connectivity index (χ0) is 27.4. The maximum Gasteiger partial charge on any atom is 0.313 e. The number of methoxy groups -OCH3 is 1. The van der Waals surface area contributed by atoms with Crippen molar-refractivity contribution in [3.8, 4) is 11.5 Å². The highest BCUT2D eigenvalue weighted by Crippen LogP contribution is 2.32. The second kappa shape index (κ2) is 12.2. The minimum atomic E-state index is -0.760. The summed E-state index contributed by atoms with van der Waals surface area (Å²) in [4.78, 5) is 40.5. The Morgan fingerprint density at radius 3 is 2.47 bits per heavy atom. The molecular weight excluding hydrogens is 597 g/mol. The van der Waals surface area contributed by atoms with Crippen molar-refractivity contribution < 1.29 is 23.9 Å². The number of benzene rings is 3. The van der Waals surface area contributed by atoms with E-state index in [4.69, 9.17) is 32.7 Å². The largest absolute Gasteiger partial charge is 0.457 e. The zero-order valence-electron chi connectivity index (χ0n) is 20.6. The van der Waals surface area contributed by atoms with Gasteiger partial charge in [-0.05, 0) is 60.0 Å². The lowest BCUT2D eigenvalue weighted by atomic mass is 10.0. The standard InChI is InChI=1S/C27H24BrCl2N3O5/c1-32(14-17-3-6-19(12-21(17)28)38-20-7-8-22(29)23(30)13-20)27(36)26(35)31-18-5-9-24-16(11-18)4-10-25(34)33(24)15-37-2/h3,5-9,11-13H,4,10,14-15H2,1-2H3,(H,31,35). The van der Waals surface area contributed by atoms with Crippen LogP contribution in [0.3, 0.4) is 0 Å². The number of hydrogen-bond acceptors (Lipinski definition) is 5. The first-order valence-electron chi connectivity index (χ1n) is 11.6. The van der Waals surface area contributed by atoms with Crippen LogP contribution < -0.4 is 15.0 Å². The van der Waals surface area contributed by atoms with Gasteiger partial charge in [0.2, 0.25) is 5.91 Å². The van der Waals surface area contributed by atoms with Crippen LogP contribution in [-0.4, -0.2) is 43.5 Å². The van der Waals surface area contributed by atoms with E-state index in [2.05, 4.69) is 21.2 Å². The highest BCUT2D eigenvalue weighted by Gasteiger charge is 2.25. The van der Waals surface area contributed by atoms with Gasteiger partial charge in [-0.3, -0.25) is 19.3 Å². The summed E-state index contributed by atoms with van der Waals surface area (Å²) in [5, 5.41) is 3.48. The number of nitrogens with zero attached hydrogens (tertiary/aromatic N) is 2. The molecule has 0 spiro atoms. The molecule has 3 aromatic carbocycles. The molecule has 1 aliphatic heterocycles. The molecule has 3 aromatic rings. The number of carbonyl (C=O) groups is 3. The Hall–Kier alpha value is -3.11. The van der Waals surface area contributed by atoms with Crippen molar-refractivity contribution in [1.29, 1.82) is 0 Å². The minimum absolute atomic E-state index is 0.0203. The molecule has 8 nitrogen and oxygen atoms in total. The molecule has 0 saturated carbocycles. The highest BCUT2D eigenvalue weighted by molar-refractivity contribution is 9.10. The lowest BCUT2D eigenvalue weighted by Gasteiger charge is -2.29. The van der Waals surface area contributed by atoms with Gasteiger partial charge in [0.1, 0.15) is 18.2 Å². The summed E-state index contributed by atoms with van der Waals surface area (Å²) < 4.78 is 11.7. The summed E-state index contributed by atoms with van der Waals surface area (Å²) in [6.45, 7) is 0.344. The number of nitrogens with one attached hydrogen (secondary N) is 1. The first-order chi connectivity index (χ1) is 18.2. The third kappa shape index (κ3) is 6.47. The number of carbonyl (C=O) groups excluding carboxylic acids is 3. The molecule has 0 bridgehead atoms. The van der Waals surface area contributed by atoms with Gasteiger partial charge in [-0.2, -0.15) is 0 Å². The smallest absolute Gasteiger partial charge is 0.313 e. The Balaban J connectivity index is 1.38. The quantitative estimate of drug-likeness (QED) is 0.326. The Bertz CT molecular complexity index is 1400. The van der Waals surface area contributed by atoms with E-state index in [1.807, 2.05) is 0 Å². The van der Waals surface area contributed by atoms with Gasteiger partial charge < -0.3 is 19.7 Å². The minimum Gasteiger partial charge on any atom is -0.457 e. The molecule has 0 aliphatic carbocycles. The molecule has 0 aromatic heterocycles. The number of halogens is 3. The number of rotatable bonds is 7. The second-order valence-corrected chi connectivity index (χ2v) is 10.3. The summed E-state index contributed by atoms with van der Waals surface area (Å²) in [6, 6.07) is 15.5.